The molecule has 0 aliphatic heterocycles. The van der Waals surface area contributed by atoms with Gasteiger partial charge in [-0.15, -0.1) is 0 Å². The van der Waals surface area contributed by atoms with Crippen LogP contribution in [-0.2, 0) is 6.42 Å². The summed E-state index contributed by atoms with van der Waals surface area (Å²) in [6, 6.07) is 16.8. The van der Waals surface area contributed by atoms with E-state index in [1.54, 1.807) is 19.1 Å². The number of hydrogen-bond donors (Lipinski definition) is 0. The Bertz CT molecular complexity index is 1090. The van der Waals surface area contributed by atoms with Crippen LogP contribution in [0.15, 0.2) is 66.7 Å². The third kappa shape index (κ3) is 6.86. The van der Waals surface area contributed by atoms with E-state index in [9.17, 15) is 17.6 Å². The Morgan fingerprint density at radius 1 is 0.794 bits per heavy atom. The third-order valence-electron chi connectivity index (χ3n) is 5.30. The SMILES string of the molecule is CCCCCc1ccc(-c2ccc(OC(F)(F)/C=C/c3ccc(OCC)c(F)c3F)cc2)cc1. The van der Waals surface area contributed by atoms with Gasteiger partial charge in [-0.2, -0.15) is 13.2 Å². The molecular formula is C28H28F4O2. The Labute approximate surface area is 197 Å². The summed E-state index contributed by atoms with van der Waals surface area (Å²) in [5.74, 6) is -2.81. The van der Waals surface area contributed by atoms with Crippen molar-refractivity contribution >= 4 is 6.08 Å². The van der Waals surface area contributed by atoms with Crippen molar-refractivity contribution in [3.05, 3.63) is 89.5 Å². The van der Waals surface area contributed by atoms with Crippen LogP contribution in [0.5, 0.6) is 11.5 Å². The maximum atomic E-state index is 14.3. The Morgan fingerprint density at radius 2 is 1.44 bits per heavy atom. The maximum absolute atomic E-state index is 14.3. The van der Waals surface area contributed by atoms with Crippen LogP contribution in [0.1, 0.15) is 44.2 Å². The van der Waals surface area contributed by atoms with Crippen LogP contribution in [0.25, 0.3) is 17.2 Å². The minimum absolute atomic E-state index is 0.0482. The number of alkyl halides is 2. The zero-order valence-electron chi connectivity index (χ0n) is 19.3. The number of benzene rings is 3. The van der Waals surface area contributed by atoms with Crippen molar-refractivity contribution in [3.8, 4) is 22.6 Å². The van der Waals surface area contributed by atoms with Crippen molar-refractivity contribution in [2.24, 2.45) is 0 Å². The van der Waals surface area contributed by atoms with E-state index in [1.165, 1.54) is 42.7 Å². The first-order valence-electron chi connectivity index (χ1n) is 11.4. The molecule has 0 aromatic heterocycles. The second-order valence-electron chi connectivity index (χ2n) is 7.89. The minimum Gasteiger partial charge on any atom is -0.491 e. The van der Waals surface area contributed by atoms with Crippen molar-refractivity contribution in [2.75, 3.05) is 6.61 Å². The highest BCUT2D eigenvalue weighted by molar-refractivity contribution is 5.64. The quantitative estimate of drug-likeness (QED) is 0.206. The number of unbranched alkanes of at least 4 members (excludes halogenated alkanes) is 2. The van der Waals surface area contributed by atoms with E-state index in [0.29, 0.717) is 6.08 Å². The van der Waals surface area contributed by atoms with Gasteiger partial charge in [0.2, 0.25) is 5.82 Å². The molecule has 0 saturated carbocycles. The van der Waals surface area contributed by atoms with Crippen LogP contribution in [0.2, 0.25) is 0 Å². The van der Waals surface area contributed by atoms with Gasteiger partial charge in [-0.05, 0) is 66.8 Å². The summed E-state index contributed by atoms with van der Waals surface area (Å²) in [6.07, 6.45) is 2.03. The molecule has 3 aromatic rings. The number of halogens is 4. The lowest BCUT2D eigenvalue weighted by Crippen LogP contribution is -2.21. The van der Waals surface area contributed by atoms with Crippen LogP contribution in [0.3, 0.4) is 0 Å². The number of hydrogen-bond acceptors (Lipinski definition) is 2. The molecule has 0 N–H and O–H groups in total. The molecule has 0 saturated heterocycles. The van der Waals surface area contributed by atoms with Crippen molar-refractivity contribution < 1.29 is 27.0 Å². The molecule has 0 unspecified atom stereocenters. The smallest absolute Gasteiger partial charge is 0.419 e. The first kappa shape index (κ1) is 25.3. The van der Waals surface area contributed by atoms with Gasteiger partial charge in [0.25, 0.3) is 0 Å². The van der Waals surface area contributed by atoms with Gasteiger partial charge in [0.1, 0.15) is 5.75 Å². The first-order chi connectivity index (χ1) is 16.3. The van der Waals surface area contributed by atoms with Gasteiger partial charge >= 0.3 is 6.11 Å². The van der Waals surface area contributed by atoms with Gasteiger partial charge in [-0.1, -0.05) is 56.2 Å². The highest BCUT2D eigenvalue weighted by Crippen LogP contribution is 2.29. The molecule has 6 heteroatoms. The van der Waals surface area contributed by atoms with Crippen LogP contribution < -0.4 is 9.47 Å². The number of rotatable bonds is 11. The summed E-state index contributed by atoms with van der Waals surface area (Å²) in [7, 11) is 0. The highest BCUT2D eigenvalue weighted by Gasteiger charge is 2.28. The van der Waals surface area contributed by atoms with Crippen molar-refractivity contribution in [1.29, 1.82) is 0 Å². The third-order valence-corrected chi connectivity index (χ3v) is 5.30. The molecule has 0 aliphatic carbocycles. The van der Waals surface area contributed by atoms with E-state index in [-0.39, 0.29) is 23.7 Å². The Kier molecular flexibility index (Phi) is 8.74. The molecule has 0 bridgehead atoms. The summed E-state index contributed by atoms with van der Waals surface area (Å²) < 4.78 is 66.3. The lowest BCUT2D eigenvalue weighted by molar-refractivity contribution is -0.130. The van der Waals surface area contributed by atoms with Gasteiger partial charge in [0, 0.05) is 11.6 Å². The zero-order valence-corrected chi connectivity index (χ0v) is 19.3. The van der Waals surface area contributed by atoms with Gasteiger partial charge in [-0.3, -0.25) is 0 Å². The summed E-state index contributed by atoms with van der Waals surface area (Å²) in [6.45, 7) is 3.95. The molecule has 3 rings (SSSR count). The maximum Gasteiger partial charge on any atom is 0.419 e. The normalized spacial score (nSPS) is 11.7. The summed E-state index contributed by atoms with van der Waals surface area (Å²) >= 11 is 0. The second-order valence-corrected chi connectivity index (χ2v) is 7.89. The van der Waals surface area contributed by atoms with E-state index in [2.05, 4.69) is 19.1 Å². The molecule has 0 radical (unpaired) electrons. The van der Waals surface area contributed by atoms with E-state index in [1.807, 2.05) is 12.1 Å². The highest BCUT2D eigenvalue weighted by atomic mass is 19.3. The summed E-state index contributed by atoms with van der Waals surface area (Å²) in [5.41, 5.74) is 2.79. The molecule has 2 nitrogen and oxygen atoms in total. The Hall–Kier alpha value is -3.28. The molecule has 180 valence electrons. The Balaban J connectivity index is 1.64. The molecule has 34 heavy (non-hydrogen) atoms. The Morgan fingerprint density at radius 3 is 2.06 bits per heavy atom. The van der Waals surface area contributed by atoms with Crippen LogP contribution in [0, 0.1) is 11.6 Å². The summed E-state index contributed by atoms with van der Waals surface area (Å²) in [5, 5.41) is 0. The molecule has 0 spiro atoms. The predicted octanol–water partition coefficient (Wildman–Crippen LogP) is 8.45. The van der Waals surface area contributed by atoms with Crippen LogP contribution >= 0.6 is 0 Å². The van der Waals surface area contributed by atoms with Gasteiger partial charge in [0.05, 0.1) is 6.61 Å². The van der Waals surface area contributed by atoms with Crippen molar-refractivity contribution in [2.45, 2.75) is 45.6 Å². The van der Waals surface area contributed by atoms with Crippen molar-refractivity contribution in [1.82, 2.24) is 0 Å². The van der Waals surface area contributed by atoms with E-state index < -0.39 is 17.7 Å². The van der Waals surface area contributed by atoms with Gasteiger partial charge in [-0.25, -0.2) is 4.39 Å². The average molecular weight is 473 g/mol. The van der Waals surface area contributed by atoms with Gasteiger partial charge < -0.3 is 9.47 Å². The topological polar surface area (TPSA) is 18.5 Å². The molecule has 0 aliphatic rings. The predicted molar refractivity (Wildman–Crippen MR) is 127 cm³/mol. The monoisotopic (exact) mass is 472 g/mol. The molecule has 0 amide bonds. The first-order valence-corrected chi connectivity index (χ1v) is 11.4. The van der Waals surface area contributed by atoms with E-state index in [4.69, 9.17) is 9.47 Å². The second kappa shape index (κ2) is 11.7. The van der Waals surface area contributed by atoms with Crippen molar-refractivity contribution in [3.63, 3.8) is 0 Å². The fourth-order valence-corrected chi connectivity index (χ4v) is 3.48. The fraction of sp³-hybridized carbons (Fsp3) is 0.286. The minimum atomic E-state index is -3.72. The fourth-order valence-electron chi connectivity index (χ4n) is 3.48. The van der Waals surface area contributed by atoms with Crippen LogP contribution in [0.4, 0.5) is 17.6 Å². The zero-order chi connectivity index (χ0) is 24.6. The van der Waals surface area contributed by atoms with E-state index in [0.717, 1.165) is 30.0 Å². The summed E-state index contributed by atoms with van der Waals surface area (Å²) in [4.78, 5) is 0. The van der Waals surface area contributed by atoms with Gasteiger partial charge in [0.15, 0.2) is 11.6 Å². The van der Waals surface area contributed by atoms with Crippen LogP contribution in [-0.4, -0.2) is 12.7 Å². The standard InChI is InChI=1S/C28H28F4O2/c1-3-5-6-7-20-8-10-21(11-9-20)22-12-15-24(16-13-22)34-28(31,32)19-18-23-14-17-25(33-4-2)27(30)26(23)29/h8-19H,3-7H2,1-2H3/b19-18+. The molecular weight excluding hydrogens is 444 g/mol. The van der Waals surface area contributed by atoms with E-state index >= 15 is 0 Å². The number of aryl methyl sites for hydroxylation is 1. The largest absolute Gasteiger partial charge is 0.491 e. The molecule has 0 atom stereocenters. The molecule has 0 fully saturated rings. The lowest BCUT2D eigenvalue weighted by Gasteiger charge is -2.15. The number of ether oxygens (including phenoxy) is 2. The average Bonchev–Trinajstić information content (AvgIpc) is 2.83. The molecule has 3 aromatic carbocycles. The molecule has 0 heterocycles. The lowest BCUT2D eigenvalue weighted by atomic mass is 10.0.